The number of para-hydroxylation sites is 2. The Balaban J connectivity index is 1.85. The monoisotopic (exact) mass is 397 g/mol. The highest BCUT2D eigenvalue weighted by atomic mass is 32.2. The molecule has 3 aromatic rings. The van der Waals surface area contributed by atoms with E-state index in [0.29, 0.717) is 10.5 Å². The van der Waals surface area contributed by atoms with Crippen molar-refractivity contribution >= 4 is 34.7 Å². The lowest BCUT2D eigenvalue weighted by Gasteiger charge is -2.17. The minimum atomic E-state index is -0.912. The van der Waals surface area contributed by atoms with E-state index >= 15 is 0 Å². The summed E-state index contributed by atoms with van der Waals surface area (Å²) in [7, 11) is 0. The Morgan fingerprint density at radius 1 is 1.14 bits per heavy atom. The molecule has 28 heavy (non-hydrogen) atoms. The lowest BCUT2D eigenvalue weighted by atomic mass is 10.2. The number of carboxylic acids is 1. The molecule has 0 saturated carbocycles. The lowest BCUT2D eigenvalue weighted by Crippen LogP contribution is -2.29. The van der Waals surface area contributed by atoms with Gasteiger partial charge in [0.1, 0.15) is 11.1 Å². The van der Waals surface area contributed by atoms with Crippen LogP contribution in [0.2, 0.25) is 0 Å². The number of nitrogens with one attached hydrogen (secondary N) is 1. The zero-order valence-electron chi connectivity index (χ0n) is 16.0. The van der Waals surface area contributed by atoms with Crippen LogP contribution in [0.5, 0.6) is 0 Å². The van der Waals surface area contributed by atoms with Gasteiger partial charge in [-0.1, -0.05) is 24.3 Å². The maximum absolute atomic E-state index is 12.9. The highest BCUT2D eigenvalue weighted by molar-refractivity contribution is 8.00. The molecule has 1 heterocycles. The number of fused-ring (bicyclic) bond motifs is 1. The van der Waals surface area contributed by atoms with Gasteiger partial charge in [-0.25, -0.2) is 4.98 Å². The predicted molar refractivity (Wildman–Crippen MR) is 111 cm³/mol. The summed E-state index contributed by atoms with van der Waals surface area (Å²) >= 11 is 1.16. The van der Waals surface area contributed by atoms with E-state index in [1.807, 2.05) is 38.1 Å². The van der Waals surface area contributed by atoms with E-state index in [2.05, 4.69) is 14.9 Å². The van der Waals surface area contributed by atoms with Crippen LogP contribution in [0.3, 0.4) is 0 Å². The van der Waals surface area contributed by atoms with E-state index in [4.69, 9.17) is 5.11 Å². The number of aliphatic carboxylic acids is 1. The van der Waals surface area contributed by atoms with E-state index in [9.17, 15) is 9.59 Å². The maximum atomic E-state index is 12.9. The molecular formula is C21H23N3O3S. The lowest BCUT2D eigenvalue weighted by molar-refractivity contribution is -0.136. The van der Waals surface area contributed by atoms with Gasteiger partial charge in [0.25, 0.3) is 5.91 Å². The molecule has 6 nitrogen and oxygen atoms in total. The fourth-order valence-corrected chi connectivity index (χ4v) is 4.02. The number of rotatable bonds is 7. The van der Waals surface area contributed by atoms with E-state index in [-0.39, 0.29) is 11.9 Å². The van der Waals surface area contributed by atoms with Gasteiger partial charge in [0.2, 0.25) is 0 Å². The first-order valence-corrected chi connectivity index (χ1v) is 10.0. The molecule has 0 radical (unpaired) electrons. The minimum absolute atomic E-state index is 0.247. The number of aromatic nitrogens is 2. The summed E-state index contributed by atoms with van der Waals surface area (Å²) in [4.78, 5) is 29.4. The topological polar surface area (TPSA) is 84.2 Å². The van der Waals surface area contributed by atoms with Crippen molar-refractivity contribution in [2.45, 2.75) is 43.5 Å². The highest BCUT2D eigenvalue weighted by Crippen LogP contribution is 2.28. The van der Waals surface area contributed by atoms with Gasteiger partial charge in [-0.3, -0.25) is 9.59 Å². The van der Waals surface area contributed by atoms with Crippen molar-refractivity contribution in [3.63, 3.8) is 0 Å². The van der Waals surface area contributed by atoms with Gasteiger partial charge in [-0.2, -0.15) is 0 Å². The van der Waals surface area contributed by atoms with Crippen molar-refractivity contribution in [1.82, 2.24) is 14.9 Å². The van der Waals surface area contributed by atoms with Crippen molar-refractivity contribution in [3.05, 3.63) is 59.9 Å². The molecule has 0 fully saturated rings. The van der Waals surface area contributed by atoms with Gasteiger partial charge in [-0.05, 0) is 45.0 Å². The second-order valence-corrected chi connectivity index (χ2v) is 7.88. The fraction of sp³-hybridized carbons (Fsp3) is 0.286. The van der Waals surface area contributed by atoms with Crippen LogP contribution in [0, 0.1) is 0 Å². The molecule has 2 aromatic carbocycles. The Morgan fingerprint density at radius 2 is 1.82 bits per heavy atom. The standard InChI is InChI=1S/C21H23N3O3S/c1-4-24-17-11-7-6-10-16(17)23-19(24)13(2)22-20(25)15-9-5-8-12-18(15)28-14(3)21(26)27/h5-14H,4H2,1-3H3,(H,22,25)(H,26,27). The molecule has 0 aliphatic heterocycles. The molecule has 2 unspecified atom stereocenters. The summed E-state index contributed by atoms with van der Waals surface area (Å²) in [5.74, 6) is -0.366. The largest absolute Gasteiger partial charge is 0.480 e. The molecule has 0 saturated heterocycles. The number of carbonyl (C=O) groups excluding carboxylic acids is 1. The van der Waals surface area contributed by atoms with Gasteiger partial charge in [0.05, 0.1) is 22.6 Å². The van der Waals surface area contributed by atoms with Gasteiger partial charge in [0, 0.05) is 11.4 Å². The van der Waals surface area contributed by atoms with Crippen molar-refractivity contribution < 1.29 is 14.7 Å². The van der Waals surface area contributed by atoms with Crippen molar-refractivity contribution in [2.75, 3.05) is 0 Å². The minimum Gasteiger partial charge on any atom is -0.480 e. The third-order valence-electron chi connectivity index (χ3n) is 4.52. The zero-order valence-corrected chi connectivity index (χ0v) is 16.9. The molecule has 7 heteroatoms. The first-order valence-electron chi connectivity index (χ1n) is 9.16. The molecule has 0 bridgehead atoms. The number of benzene rings is 2. The highest BCUT2D eigenvalue weighted by Gasteiger charge is 2.21. The molecule has 2 atom stereocenters. The predicted octanol–water partition coefficient (Wildman–Crippen LogP) is 4.11. The molecule has 1 aromatic heterocycles. The molecule has 1 amide bonds. The number of amides is 1. The number of hydrogen-bond donors (Lipinski definition) is 2. The van der Waals surface area contributed by atoms with Crippen molar-refractivity contribution in [2.24, 2.45) is 0 Å². The number of thioether (sulfide) groups is 1. The Morgan fingerprint density at radius 3 is 2.54 bits per heavy atom. The SMILES string of the molecule is CCn1c(C(C)NC(=O)c2ccccc2SC(C)C(=O)O)nc2ccccc21. The third kappa shape index (κ3) is 4.04. The average Bonchev–Trinajstić information content (AvgIpc) is 3.07. The van der Waals surface area contributed by atoms with Gasteiger partial charge < -0.3 is 15.0 Å². The average molecular weight is 398 g/mol. The second-order valence-electron chi connectivity index (χ2n) is 6.49. The van der Waals surface area contributed by atoms with Crippen LogP contribution in [-0.2, 0) is 11.3 Å². The summed E-state index contributed by atoms with van der Waals surface area (Å²) in [5, 5.41) is 11.5. The van der Waals surface area contributed by atoms with Crippen molar-refractivity contribution in [3.8, 4) is 0 Å². The smallest absolute Gasteiger partial charge is 0.316 e. The summed E-state index contributed by atoms with van der Waals surface area (Å²) in [6, 6.07) is 14.6. The van der Waals surface area contributed by atoms with E-state index in [1.165, 1.54) is 0 Å². The Bertz CT molecular complexity index is 1020. The number of carboxylic acid groups (broad SMARTS) is 1. The van der Waals surface area contributed by atoms with Gasteiger partial charge in [-0.15, -0.1) is 11.8 Å². The molecular weight excluding hydrogens is 374 g/mol. The first-order chi connectivity index (χ1) is 13.4. The number of nitrogens with zero attached hydrogens (tertiary/aromatic N) is 2. The second kappa shape index (κ2) is 8.48. The Kier molecular flexibility index (Phi) is 6.04. The molecule has 0 aliphatic rings. The molecule has 2 N–H and O–H groups in total. The number of aryl methyl sites for hydroxylation is 1. The summed E-state index contributed by atoms with van der Waals surface area (Å²) in [5.41, 5.74) is 2.39. The number of hydrogen-bond acceptors (Lipinski definition) is 4. The summed E-state index contributed by atoms with van der Waals surface area (Å²) in [6.45, 7) is 6.30. The van der Waals surface area contributed by atoms with Crippen LogP contribution in [-0.4, -0.2) is 31.8 Å². The van der Waals surface area contributed by atoms with E-state index in [0.717, 1.165) is 35.2 Å². The quantitative estimate of drug-likeness (QED) is 0.586. The molecule has 0 spiro atoms. The van der Waals surface area contributed by atoms with Crippen LogP contribution in [0.15, 0.2) is 53.4 Å². The Labute approximate surface area is 168 Å². The zero-order chi connectivity index (χ0) is 20.3. The molecule has 3 rings (SSSR count). The molecule has 146 valence electrons. The normalized spacial score (nSPS) is 13.2. The maximum Gasteiger partial charge on any atom is 0.316 e. The summed E-state index contributed by atoms with van der Waals surface area (Å²) in [6.07, 6.45) is 0. The van der Waals surface area contributed by atoms with Gasteiger partial charge >= 0.3 is 5.97 Å². The first kappa shape index (κ1) is 19.9. The fourth-order valence-electron chi connectivity index (χ4n) is 3.09. The van der Waals surface area contributed by atoms with Crippen molar-refractivity contribution in [1.29, 1.82) is 0 Å². The van der Waals surface area contributed by atoms with Crippen LogP contribution in [0.25, 0.3) is 11.0 Å². The third-order valence-corrected chi connectivity index (χ3v) is 5.68. The van der Waals surface area contributed by atoms with Crippen LogP contribution in [0.4, 0.5) is 0 Å². The van der Waals surface area contributed by atoms with Crippen LogP contribution >= 0.6 is 11.8 Å². The van der Waals surface area contributed by atoms with Gasteiger partial charge in [0.15, 0.2) is 0 Å². The van der Waals surface area contributed by atoms with E-state index < -0.39 is 11.2 Å². The number of imidazole rings is 1. The molecule has 0 aliphatic carbocycles. The van der Waals surface area contributed by atoms with E-state index in [1.54, 1.807) is 31.2 Å². The van der Waals surface area contributed by atoms with Crippen LogP contribution < -0.4 is 5.32 Å². The summed E-state index contributed by atoms with van der Waals surface area (Å²) < 4.78 is 2.09. The van der Waals surface area contributed by atoms with Crippen LogP contribution in [0.1, 0.15) is 43.0 Å². The number of carbonyl (C=O) groups is 2. The Hall–Kier alpha value is -2.80.